The third-order valence-corrected chi connectivity index (χ3v) is 5.58. The van der Waals surface area contributed by atoms with Gasteiger partial charge in [-0.05, 0) is 63.1 Å². The highest BCUT2D eigenvalue weighted by Crippen LogP contribution is 2.36. The molecule has 0 aliphatic carbocycles. The predicted octanol–water partition coefficient (Wildman–Crippen LogP) is 3.37. The van der Waals surface area contributed by atoms with Crippen molar-refractivity contribution in [3.05, 3.63) is 48.2 Å². The molecule has 0 atom stereocenters. The second-order valence-corrected chi connectivity index (χ2v) is 9.68. The fourth-order valence-electron chi connectivity index (χ4n) is 4.63. The molecule has 0 bridgehead atoms. The number of phenolic OH excluding ortho intramolecular Hbond substituents is 1. The van der Waals surface area contributed by atoms with Crippen molar-refractivity contribution in [3.8, 4) is 28.4 Å². The number of phenols is 1. The average Bonchev–Trinajstić information content (AvgIpc) is 3.30. The molecule has 2 N–H and O–H groups in total. The summed E-state index contributed by atoms with van der Waals surface area (Å²) in [6.45, 7) is 8.59. The number of imidazole rings is 1. The van der Waals surface area contributed by atoms with Gasteiger partial charge in [0.25, 0.3) is 0 Å². The minimum Gasteiger partial charge on any atom is -0.507 e. The lowest BCUT2D eigenvalue weighted by Crippen LogP contribution is -2.53. The Labute approximate surface area is 190 Å². The van der Waals surface area contributed by atoms with Gasteiger partial charge in [-0.2, -0.15) is 4.80 Å². The first kappa shape index (κ1) is 21.2. The van der Waals surface area contributed by atoms with Gasteiger partial charge in [-0.25, -0.2) is 14.4 Å². The Balaban J connectivity index is 1.54. The highest BCUT2D eigenvalue weighted by molar-refractivity contribution is 5.74. The molecular formula is C23H25FN8O. The van der Waals surface area contributed by atoms with Crippen LogP contribution in [0, 0.1) is 5.82 Å². The first-order valence-electron chi connectivity index (χ1n) is 10.6. The fourth-order valence-corrected chi connectivity index (χ4v) is 4.63. The summed E-state index contributed by atoms with van der Waals surface area (Å²) in [5.74, 6) is -0.243. The van der Waals surface area contributed by atoms with E-state index in [4.69, 9.17) is 4.98 Å². The van der Waals surface area contributed by atoms with Crippen LogP contribution in [0.1, 0.15) is 39.8 Å². The van der Waals surface area contributed by atoms with Gasteiger partial charge in [0, 0.05) is 29.0 Å². The number of hydrogen-bond acceptors (Lipinski definition) is 7. The van der Waals surface area contributed by atoms with Crippen LogP contribution in [-0.4, -0.2) is 50.8 Å². The first-order valence-corrected chi connectivity index (χ1v) is 10.6. The Hall–Kier alpha value is -3.66. The molecule has 0 spiro atoms. The van der Waals surface area contributed by atoms with Crippen LogP contribution in [0.5, 0.6) is 5.75 Å². The molecule has 33 heavy (non-hydrogen) atoms. The zero-order valence-electron chi connectivity index (χ0n) is 19.1. The molecule has 1 aliphatic heterocycles. The normalized spacial score (nSPS) is 17.3. The molecule has 0 amide bonds. The number of hydrogen-bond donors (Lipinski definition) is 2. The van der Waals surface area contributed by atoms with Crippen LogP contribution in [0.2, 0.25) is 0 Å². The monoisotopic (exact) mass is 448 g/mol. The molecule has 0 saturated carbocycles. The lowest BCUT2D eigenvalue weighted by molar-refractivity contribution is 0.297. The third kappa shape index (κ3) is 3.97. The number of halogens is 1. The molecule has 0 unspecified atom stereocenters. The summed E-state index contributed by atoms with van der Waals surface area (Å²) in [5.41, 5.74) is 2.33. The van der Waals surface area contributed by atoms with E-state index in [1.165, 1.54) is 16.9 Å². The van der Waals surface area contributed by atoms with Gasteiger partial charge in [0.15, 0.2) is 0 Å². The van der Waals surface area contributed by atoms with Gasteiger partial charge in [-0.1, -0.05) is 6.08 Å². The summed E-state index contributed by atoms with van der Waals surface area (Å²) < 4.78 is 16.7. The van der Waals surface area contributed by atoms with Crippen LogP contribution in [0.15, 0.2) is 36.7 Å². The summed E-state index contributed by atoms with van der Waals surface area (Å²) in [7, 11) is 1.61. The van der Waals surface area contributed by atoms with Crippen molar-refractivity contribution in [2.45, 2.75) is 45.2 Å². The number of aromatic hydroxyl groups is 1. The van der Waals surface area contributed by atoms with E-state index in [1.807, 2.05) is 12.3 Å². The maximum atomic E-state index is 15.0. The Morgan fingerprint density at radius 1 is 1.12 bits per heavy atom. The van der Waals surface area contributed by atoms with Gasteiger partial charge in [-0.3, -0.25) is 4.40 Å². The van der Waals surface area contributed by atoms with Crippen LogP contribution >= 0.6 is 0 Å². The summed E-state index contributed by atoms with van der Waals surface area (Å²) in [6, 6.07) is 4.60. The van der Waals surface area contributed by atoms with E-state index in [9.17, 15) is 5.11 Å². The zero-order chi connectivity index (χ0) is 23.5. The molecule has 4 heterocycles. The van der Waals surface area contributed by atoms with Crippen molar-refractivity contribution in [2.75, 3.05) is 0 Å². The van der Waals surface area contributed by atoms with E-state index in [0.29, 0.717) is 11.3 Å². The Bertz CT molecular complexity index is 1390. The molecule has 1 aliphatic rings. The van der Waals surface area contributed by atoms with Crippen LogP contribution in [-0.2, 0) is 7.05 Å². The van der Waals surface area contributed by atoms with Crippen molar-refractivity contribution in [1.82, 2.24) is 39.9 Å². The highest BCUT2D eigenvalue weighted by atomic mass is 19.1. The summed E-state index contributed by atoms with van der Waals surface area (Å²) >= 11 is 0. The fraction of sp³-hybridized carbons (Fsp3) is 0.348. The summed E-state index contributed by atoms with van der Waals surface area (Å²) in [4.78, 5) is 10.5. The van der Waals surface area contributed by atoms with E-state index in [1.54, 1.807) is 17.6 Å². The van der Waals surface area contributed by atoms with Crippen molar-refractivity contribution >= 4 is 11.4 Å². The summed E-state index contributed by atoms with van der Waals surface area (Å²) in [5, 5.41) is 25.9. The van der Waals surface area contributed by atoms with Gasteiger partial charge in [0.1, 0.15) is 11.6 Å². The number of benzene rings is 1. The first-order chi connectivity index (χ1) is 15.5. The maximum Gasteiger partial charge on any atom is 0.234 e. The van der Waals surface area contributed by atoms with E-state index in [0.717, 1.165) is 17.7 Å². The van der Waals surface area contributed by atoms with E-state index in [-0.39, 0.29) is 33.9 Å². The molecule has 9 nitrogen and oxygen atoms in total. The smallest absolute Gasteiger partial charge is 0.234 e. The molecule has 4 aromatic rings. The lowest BCUT2D eigenvalue weighted by atomic mass is 9.82. The number of fused-ring (bicyclic) bond motifs is 1. The minimum atomic E-state index is -0.634. The SMILES string of the molecule is Cn1nnc(-c2cc(O)c(-c3cn4ccc(C5=CC(C)(C)NC(C)(C)C5)nc4n3)c(F)c2)n1. The molecule has 0 fully saturated rings. The molecule has 1 aromatic carbocycles. The van der Waals surface area contributed by atoms with Crippen molar-refractivity contribution in [1.29, 1.82) is 0 Å². The molecule has 0 radical (unpaired) electrons. The van der Waals surface area contributed by atoms with E-state index in [2.05, 4.69) is 59.5 Å². The lowest BCUT2D eigenvalue weighted by Gasteiger charge is -2.41. The minimum absolute atomic E-state index is 0.00182. The number of nitrogens with one attached hydrogen (secondary N) is 1. The molecule has 0 saturated heterocycles. The molecule has 5 rings (SSSR count). The standard InChI is InChI=1S/C23H25FN8O/c1-22(2)10-14(11-23(3,4)29-22)16-6-7-32-12-17(26-21(32)25-16)19-15(24)8-13(9-18(19)33)20-27-30-31(5)28-20/h6-10,12,29,33H,11H2,1-5H3. The van der Waals surface area contributed by atoms with Gasteiger partial charge >= 0.3 is 0 Å². The van der Waals surface area contributed by atoms with Crippen LogP contribution in [0.4, 0.5) is 4.39 Å². The molecule has 170 valence electrons. The number of rotatable bonds is 3. The van der Waals surface area contributed by atoms with Gasteiger partial charge < -0.3 is 10.4 Å². The molecule has 10 heteroatoms. The van der Waals surface area contributed by atoms with E-state index < -0.39 is 5.82 Å². The Morgan fingerprint density at radius 3 is 2.55 bits per heavy atom. The van der Waals surface area contributed by atoms with Gasteiger partial charge in [0.2, 0.25) is 11.6 Å². The van der Waals surface area contributed by atoms with Crippen molar-refractivity contribution in [3.63, 3.8) is 0 Å². The van der Waals surface area contributed by atoms with E-state index >= 15 is 4.39 Å². The molecule has 3 aromatic heterocycles. The third-order valence-electron chi connectivity index (χ3n) is 5.58. The van der Waals surface area contributed by atoms with Crippen LogP contribution < -0.4 is 5.32 Å². The topological polar surface area (TPSA) is 106 Å². The van der Waals surface area contributed by atoms with Crippen molar-refractivity contribution < 1.29 is 9.50 Å². The Kier molecular flexibility index (Phi) is 4.61. The predicted molar refractivity (Wildman–Crippen MR) is 122 cm³/mol. The molecular weight excluding hydrogens is 423 g/mol. The van der Waals surface area contributed by atoms with Crippen LogP contribution in [0.3, 0.4) is 0 Å². The zero-order valence-corrected chi connectivity index (χ0v) is 19.1. The second-order valence-electron chi connectivity index (χ2n) is 9.68. The maximum absolute atomic E-state index is 15.0. The summed E-state index contributed by atoms with van der Waals surface area (Å²) in [6.07, 6.45) is 6.51. The number of nitrogens with zero attached hydrogens (tertiary/aromatic N) is 7. The highest BCUT2D eigenvalue weighted by Gasteiger charge is 2.33. The Morgan fingerprint density at radius 2 is 1.88 bits per heavy atom. The second kappa shape index (κ2) is 7.17. The average molecular weight is 449 g/mol. The number of aromatic nitrogens is 7. The number of aryl methyl sites for hydroxylation is 1. The quantitative estimate of drug-likeness (QED) is 0.495. The largest absolute Gasteiger partial charge is 0.507 e. The van der Waals surface area contributed by atoms with Crippen LogP contribution in [0.25, 0.3) is 34.0 Å². The number of tetrazole rings is 1. The van der Waals surface area contributed by atoms with Gasteiger partial charge in [0.05, 0.1) is 24.0 Å². The van der Waals surface area contributed by atoms with Crippen molar-refractivity contribution in [2.24, 2.45) is 7.05 Å². The van der Waals surface area contributed by atoms with Gasteiger partial charge in [-0.15, -0.1) is 10.2 Å².